The number of para-hydroxylation sites is 1. The molecular formula is C48H43BNS. The first-order chi connectivity index (χ1) is 24.6. The summed E-state index contributed by atoms with van der Waals surface area (Å²) in [7, 11) is 2.48. The average Bonchev–Trinajstić information content (AvgIpc) is 3.75. The predicted octanol–water partition coefficient (Wildman–Crippen LogP) is 12.2. The second kappa shape index (κ2) is 11.9. The van der Waals surface area contributed by atoms with Crippen molar-refractivity contribution in [2.24, 2.45) is 0 Å². The first-order valence-corrected chi connectivity index (χ1v) is 19.2. The van der Waals surface area contributed by atoms with Crippen LogP contribution in [0.25, 0.3) is 59.0 Å². The van der Waals surface area contributed by atoms with Gasteiger partial charge < -0.3 is 4.98 Å². The molecule has 2 aromatic heterocycles. The van der Waals surface area contributed by atoms with Gasteiger partial charge >= 0.3 is 0 Å². The molecule has 1 radical (unpaired) electrons. The Labute approximate surface area is 306 Å². The van der Waals surface area contributed by atoms with E-state index >= 15 is 0 Å². The van der Waals surface area contributed by atoms with Gasteiger partial charge in [-0.25, -0.2) is 0 Å². The van der Waals surface area contributed by atoms with Gasteiger partial charge in [0.25, 0.3) is 0 Å². The Hall–Kier alpha value is -4.86. The topological polar surface area (TPSA) is 15.8 Å². The van der Waals surface area contributed by atoms with E-state index in [0.29, 0.717) is 0 Å². The number of allylic oxidation sites excluding steroid dienone is 6. The minimum atomic E-state index is -0.164. The number of benzene rings is 5. The van der Waals surface area contributed by atoms with Crippen molar-refractivity contribution < 1.29 is 0 Å². The largest absolute Gasteiger partial charge is 0.353 e. The molecule has 0 fully saturated rings. The van der Waals surface area contributed by atoms with Gasteiger partial charge in [0, 0.05) is 26.5 Å². The first-order valence-electron chi connectivity index (χ1n) is 18.3. The molecule has 5 aromatic carbocycles. The Bertz CT molecular complexity index is 2690. The van der Waals surface area contributed by atoms with E-state index in [-0.39, 0.29) is 5.41 Å². The standard InChI is InChI=1S/C48H43BNS/c1-27-16-8-9-17-32(27)29(3)30(4)33-20-15-24-40(31(33)5)49-44-28(2)26-38-34-18-10-12-23-39(34)48(6,7)43(38)42(44)36-21-14-22-37-45(36)50-46-35-19-11-13-25-41(35)51-47(37)46/h9-15,17-26,50H,8,16H2,1-7H3/b30-29+. The highest BCUT2D eigenvalue weighted by molar-refractivity contribution is 7.26. The van der Waals surface area contributed by atoms with Crippen LogP contribution in [0.2, 0.25) is 0 Å². The second-order valence-corrected chi connectivity index (χ2v) is 16.3. The van der Waals surface area contributed by atoms with E-state index in [4.69, 9.17) is 0 Å². The fraction of sp³-hybridized carbons (Fsp3) is 0.208. The highest BCUT2D eigenvalue weighted by Gasteiger charge is 2.39. The van der Waals surface area contributed by atoms with Crippen LogP contribution in [0.3, 0.4) is 0 Å². The smallest absolute Gasteiger partial charge is 0.192 e. The molecule has 9 rings (SSSR count). The van der Waals surface area contributed by atoms with Crippen LogP contribution < -0.4 is 10.9 Å². The number of fused-ring (bicyclic) bond motifs is 8. The summed E-state index contributed by atoms with van der Waals surface area (Å²) >= 11 is 1.89. The maximum Gasteiger partial charge on any atom is 0.192 e. The van der Waals surface area contributed by atoms with E-state index in [9.17, 15) is 0 Å². The second-order valence-electron chi connectivity index (χ2n) is 15.3. The van der Waals surface area contributed by atoms with E-state index < -0.39 is 0 Å². The molecule has 0 saturated heterocycles. The Balaban J connectivity index is 1.29. The van der Waals surface area contributed by atoms with Crippen LogP contribution in [0.1, 0.15) is 75.3 Å². The molecule has 1 N–H and O–H groups in total. The Morgan fingerprint density at radius 1 is 0.765 bits per heavy atom. The lowest BCUT2D eigenvalue weighted by atomic mass is 9.57. The number of hydrogen-bond donors (Lipinski definition) is 1. The van der Waals surface area contributed by atoms with E-state index in [1.165, 1.54) is 114 Å². The molecule has 51 heavy (non-hydrogen) atoms. The third-order valence-electron chi connectivity index (χ3n) is 12.0. The molecule has 0 aliphatic heterocycles. The minimum Gasteiger partial charge on any atom is -0.353 e. The van der Waals surface area contributed by atoms with Crippen molar-refractivity contribution in [3.63, 3.8) is 0 Å². The Kier molecular flexibility index (Phi) is 7.46. The van der Waals surface area contributed by atoms with E-state index in [1.54, 1.807) is 0 Å². The Morgan fingerprint density at radius 2 is 1.51 bits per heavy atom. The SMILES string of the molecule is CC1=C(/C(C)=C(\C)c2cccc([B]c3c(C)cc4c(c3-c3cccc5c3[nH]c3c6ccccc6sc53)C(C)(C)c3ccccc3-4)c2C)C=CCC1. The summed E-state index contributed by atoms with van der Waals surface area (Å²) in [5, 5.41) is 2.60. The Morgan fingerprint density at radius 3 is 2.35 bits per heavy atom. The predicted molar refractivity (Wildman–Crippen MR) is 224 cm³/mol. The molecule has 0 saturated carbocycles. The highest BCUT2D eigenvalue weighted by atomic mass is 32.1. The molecule has 7 aromatic rings. The summed E-state index contributed by atoms with van der Waals surface area (Å²) in [5.41, 5.74) is 22.6. The third-order valence-corrected chi connectivity index (χ3v) is 13.2. The fourth-order valence-corrected chi connectivity index (χ4v) is 10.3. The van der Waals surface area contributed by atoms with Gasteiger partial charge in [0.15, 0.2) is 7.28 Å². The van der Waals surface area contributed by atoms with Crippen LogP contribution in [0.5, 0.6) is 0 Å². The normalized spacial score (nSPS) is 15.5. The van der Waals surface area contributed by atoms with E-state index in [0.717, 1.165) is 12.8 Å². The molecule has 0 spiro atoms. The molecular weight excluding hydrogens is 633 g/mol. The number of thiophene rings is 1. The number of rotatable bonds is 5. The molecule has 2 aliphatic rings. The van der Waals surface area contributed by atoms with Gasteiger partial charge in [0.2, 0.25) is 0 Å². The molecule has 249 valence electrons. The molecule has 2 heterocycles. The summed E-state index contributed by atoms with van der Waals surface area (Å²) in [6.07, 6.45) is 6.94. The molecule has 3 heteroatoms. The summed E-state index contributed by atoms with van der Waals surface area (Å²) in [5.74, 6) is 0. The zero-order valence-corrected chi connectivity index (χ0v) is 31.5. The summed E-state index contributed by atoms with van der Waals surface area (Å²) < 4.78 is 2.67. The highest BCUT2D eigenvalue weighted by Crippen LogP contribution is 2.53. The van der Waals surface area contributed by atoms with Crippen LogP contribution in [0, 0.1) is 13.8 Å². The van der Waals surface area contributed by atoms with Gasteiger partial charge in [-0.3, -0.25) is 0 Å². The van der Waals surface area contributed by atoms with Crippen LogP contribution >= 0.6 is 11.3 Å². The molecule has 0 atom stereocenters. The van der Waals surface area contributed by atoms with Gasteiger partial charge in [-0.2, -0.15) is 0 Å². The molecule has 0 bridgehead atoms. The van der Waals surface area contributed by atoms with Crippen LogP contribution in [0.4, 0.5) is 0 Å². The van der Waals surface area contributed by atoms with Gasteiger partial charge in [-0.1, -0.05) is 133 Å². The number of aromatic amines is 1. The fourth-order valence-electron chi connectivity index (χ4n) is 9.13. The zero-order chi connectivity index (χ0) is 35.2. The van der Waals surface area contributed by atoms with Crippen LogP contribution in [0.15, 0.2) is 120 Å². The number of hydrogen-bond acceptors (Lipinski definition) is 1. The van der Waals surface area contributed by atoms with Crippen molar-refractivity contribution in [3.8, 4) is 22.3 Å². The molecule has 1 nitrogen and oxygen atoms in total. The van der Waals surface area contributed by atoms with Crippen molar-refractivity contribution in [2.45, 2.75) is 66.7 Å². The van der Waals surface area contributed by atoms with Crippen molar-refractivity contribution in [3.05, 3.63) is 148 Å². The average molecular weight is 677 g/mol. The molecule has 2 aliphatic carbocycles. The summed E-state index contributed by atoms with van der Waals surface area (Å²) in [6.45, 7) is 16.3. The number of aryl methyl sites for hydroxylation is 1. The van der Waals surface area contributed by atoms with Gasteiger partial charge in [0.05, 0.1) is 15.7 Å². The van der Waals surface area contributed by atoms with Crippen LogP contribution in [-0.2, 0) is 5.41 Å². The van der Waals surface area contributed by atoms with Crippen molar-refractivity contribution in [2.75, 3.05) is 0 Å². The monoisotopic (exact) mass is 676 g/mol. The lowest BCUT2D eigenvalue weighted by molar-refractivity contribution is 0.662. The van der Waals surface area contributed by atoms with Crippen LogP contribution in [-0.4, -0.2) is 12.3 Å². The van der Waals surface area contributed by atoms with Crippen molar-refractivity contribution in [1.29, 1.82) is 0 Å². The van der Waals surface area contributed by atoms with E-state index in [2.05, 4.69) is 164 Å². The third kappa shape index (κ3) is 4.81. The molecule has 0 unspecified atom stereocenters. The lowest BCUT2D eigenvalue weighted by Crippen LogP contribution is -2.35. The zero-order valence-electron chi connectivity index (χ0n) is 30.7. The number of H-pyrrole nitrogens is 1. The maximum absolute atomic E-state index is 3.98. The van der Waals surface area contributed by atoms with E-state index in [1.807, 2.05) is 11.3 Å². The number of nitrogens with one attached hydrogen (secondary N) is 1. The quantitative estimate of drug-likeness (QED) is 0.175. The van der Waals surface area contributed by atoms with Gasteiger partial charge in [-0.15, -0.1) is 11.3 Å². The summed E-state index contributed by atoms with van der Waals surface area (Å²) in [6, 6.07) is 34.1. The van der Waals surface area contributed by atoms with Crippen molar-refractivity contribution >= 4 is 66.3 Å². The molecule has 0 amide bonds. The van der Waals surface area contributed by atoms with Crippen molar-refractivity contribution in [1.82, 2.24) is 4.98 Å². The number of aromatic nitrogens is 1. The van der Waals surface area contributed by atoms with Gasteiger partial charge in [0.1, 0.15) is 0 Å². The summed E-state index contributed by atoms with van der Waals surface area (Å²) in [4.78, 5) is 3.98. The minimum absolute atomic E-state index is 0.164. The maximum atomic E-state index is 3.98. The first kappa shape index (κ1) is 32.1. The van der Waals surface area contributed by atoms with Gasteiger partial charge in [-0.05, 0) is 109 Å². The lowest BCUT2D eigenvalue weighted by Gasteiger charge is -2.28.